The van der Waals surface area contributed by atoms with Gasteiger partial charge in [-0.2, -0.15) is 0 Å². The average molecular weight is 250 g/mol. The Morgan fingerprint density at radius 3 is 3.00 bits per heavy atom. The minimum atomic E-state index is -0.397. The Morgan fingerprint density at radius 1 is 1.67 bits per heavy atom. The number of rotatable bonds is 5. The Balaban J connectivity index is 2.67. The highest BCUT2D eigenvalue weighted by Gasteiger charge is 2.11. The van der Waals surface area contributed by atoms with Gasteiger partial charge in [0.1, 0.15) is 11.6 Å². The monoisotopic (exact) mass is 250 g/mol. The lowest BCUT2D eigenvalue weighted by Crippen LogP contribution is -2.29. The van der Waals surface area contributed by atoms with Crippen molar-refractivity contribution in [2.75, 3.05) is 13.2 Å². The van der Waals surface area contributed by atoms with Crippen LogP contribution < -0.4 is 15.8 Å². The smallest absolute Gasteiger partial charge is 0.258 e. The second kappa shape index (κ2) is 6.62. The van der Waals surface area contributed by atoms with E-state index in [2.05, 4.69) is 11.2 Å². The predicted molar refractivity (Wildman–Crippen MR) is 66.3 cm³/mol. The molecule has 0 bridgehead atoms. The van der Waals surface area contributed by atoms with Crippen molar-refractivity contribution in [1.82, 2.24) is 5.32 Å². The molecule has 0 aliphatic heterocycles. The zero-order valence-corrected chi connectivity index (χ0v) is 10.1. The summed E-state index contributed by atoms with van der Waals surface area (Å²) in [5.74, 6) is 1.93. The third-order valence-corrected chi connectivity index (χ3v) is 2.21. The SMILES string of the molecule is C#CCNC(=O)COc1ccc(F)cc1C(C)N. The number of carbonyl (C=O) groups is 1. The average Bonchev–Trinajstić information content (AvgIpc) is 2.34. The summed E-state index contributed by atoms with van der Waals surface area (Å²) in [6.45, 7) is 1.67. The zero-order valence-electron chi connectivity index (χ0n) is 10.1. The first-order valence-corrected chi connectivity index (χ1v) is 5.42. The van der Waals surface area contributed by atoms with E-state index >= 15 is 0 Å². The van der Waals surface area contributed by atoms with Gasteiger partial charge in [0.2, 0.25) is 0 Å². The van der Waals surface area contributed by atoms with Gasteiger partial charge in [-0.25, -0.2) is 4.39 Å². The van der Waals surface area contributed by atoms with Crippen LogP contribution in [0.1, 0.15) is 18.5 Å². The van der Waals surface area contributed by atoms with Crippen LogP contribution in [0.5, 0.6) is 5.75 Å². The zero-order chi connectivity index (χ0) is 13.5. The third-order valence-electron chi connectivity index (χ3n) is 2.21. The maximum Gasteiger partial charge on any atom is 0.258 e. The van der Waals surface area contributed by atoms with Crippen LogP contribution in [0.3, 0.4) is 0 Å². The number of ether oxygens (including phenoxy) is 1. The summed E-state index contributed by atoms with van der Waals surface area (Å²) in [7, 11) is 0. The molecule has 4 nitrogen and oxygen atoms in total. The highest BCUT2D eigenvalue weighted by Crippen LogP contribution is 2.24. The largest absolute Gasteiger partial charge is 0.483 e. The number of halogens is 1. The van der Waals surface area contributed by atoms with Crippen molar-refractivity contribution in [2.45, 2.75) is 13.0 Å². The van der Waals surface area contributed by atoms with E-state index in [-0.39, 0.29) is 25.1 Å². The van der Waals surface area contributed by atoms with Crippen LogP contribution in [-0.2, 0) is 4.79 Å². The molecule has 0 aliphatic rings. The van der Waals surface area contributed by atoms with Crippen molar-refractivity contribution in [3.05, 3.63) is 29.6 Å². The van der Waals surface area contributed by atoms with Crippen molar-refractivity contribution in [1.29, 1.82) is 0 Å². The van der Waals surface area contributed by atoms with Gasteiger partial charge in [0, 0.05) is 11.6 Å². The number of nitrogens with two attached hydrogens (primary N) is 1. The number of hydrogen-bond donors (Lipinski definition) is 2. The van der Waals surface area contributed by atoms with Crippen molar-refractivity contribution >= 4 is 5.91 Å². The third kappa shape index (κ3) is 4.07. The molecule has 18 heavy (non-hydrogen) atoms. The van der Waals surface area contributed by atoms with Gasteiger partial charge in [-0.05, 0) is 25.1 Å². The van der Waals surface area contributed by atoms with Crippen molar-refractivity contribution < 1.29 is 13.9 Å². The van der Waals surface area contributed by atoms with Gasteiger partial charge in [-0.15, -0.1) is 6.42 Å². The van der Waals surface area contributed by atoms with E-state index in [1.54, 1.807) is 6.92 Å². The molecule has 1 atom stereocenters. The molecule has 0 heterocycles. The number of carbonyl (C=O) groups excluding carboxylic acids is 1. The summed E-state index contributed by atoms with van der Waals surface area (Å²) in [6, 6.07) is 3.60. The van der Waals surface area contributed by atoms with Gasteiger partial charge in [-0.3, -0.25) is 4.79 Å². The lowest BCUT2D eigenvalue weighted by atomic mass is 10.1. The Hall–Kier alpha value is -2.06. The topological polar surface area (TPSA) is 64.3 Å². The molecule has 5 heteroatoms. The van der Waals surface area contributed by atoms with E-state index in [0.717, 1.165) is 0 Å². The molecule has 3 N–H and O–H groups in total. The lowest BCUT2D eigenvalue weighted by Gasteiger charge is -2.13. The van der Waals surface area contributed by atoms with Gasteiger partial charge in [0.15, 0.2) is 6.61 Å². The predicted octanol–water partition coefficient (Wildman–Crippen LogP) is 0.974. The number of hydrogen-bond acceptors (Lipinski definition) is 3. The van der Waals surface area contributed by atoms with Crippen molar-refractivity contribution in [3.63, 3.8) is 0 Å². The molecular formula is C13H15FN2O2. The van der Waals surface area contributed by atoms with E-state index in [0.29, 0.717) is 11.3 Å². The molecule has 0 aliphatic carbocycles. The molecule has 96 valence electrons. The Morgan fingerprint density at radius 2 is 2.39 bits per heavy atom. The maximum atomic E-state index is 13.1. The second-order valence-electron chi connectivity index (χ2n) is 3.74. The Kier molecular flexibility index (Phi) is 5.15. The molecule has 1 aromatic carbocycles. The summed E-state index contributed by atoms with van der Waals surface area (Å²) in [5, 5.41) is 2.46. The lowest BCUT2D eigenvalue weighted by molar-refractivity contribution is -0.122. The fourth-order valence-electron chi connectivity index (χ4n) is 1.35. The highest BCUT2D eigenvalue weighted by molar-refractivity contribution is 5.77. The first-order valence-electron chi connectivity index (χ1n) is 5.42. The van der Waals surface area contributed by atoms with Crippen LogP contribution in [-0.4, -0.2) is 19.1 Å². The summed E-state index contributed by atoms with van der Waals surface area (Å²) in [6.07, 6.45) is 5.00. The van der Waals surface area contributed by atoms with E-state index in [1.165, 1.54) is 18.2 Å². The summed E-state index contributed by atoms with van der Waals surface area (Å²) >= 11 is 0. The van der Waals surface area contributed by atoms with Crippen molar-refractivity contribution in [2.24, 2.45) is 5.73 Å². The number of nitrogens with one attached hydrogen (secondary N) is 1. The minimum absolute atomic E-state index is 0.145. The van der Waals surface area contributed by atoms with Crippen LogP contribution >= 0.6 is 0 Å². The normalized spacial score (nSPS) is 11.4. The fraction of sp³-hybridized carbons (Fsp3) is 0.308. The maximum absolute atomic E-state index is 13.1. The van der Waals surface area contributed by atoms with Crippen LogP contribution in [0.2, 0.25) is 0 Å². The van der Waals surface area contributed by atoms with Gasteiger partial charge in [0.25, 0.3) is 5.91 Å². The molecule has 0 radical (unpaired) electrons. The molecule has 0 spiro atoms. The molecule has 1 unspecified atom stereocenters. The first-order chi connectivity index (χ1) is 8.54. The highest BCUT2D eigenvalue weighted by atomic mass is 19.1. The van der Waals surface area contributed by atoms with Crippen molar-refractivity contribution in [3.8, 4) is 18.1 Å². The van der Waals surface area contributed by atoms with Crippen LogP contribution in [0.25, 0.3) is 0 Å². The van der Waals surface area contributed by atoms with E-state index in [1.807, 2.05) is 0 Å². The van der Waals surface area contributed by atoms with Gasteiger partial charge < -0.3 is 15.8 Å². The quantitative estimate of drug-likeness (QED) is 0.765. The fourth-order valence-corrected chi connectivity index (χ4v) is 1.35. The molecule has 0 saturated carbocycles. The Bertz CT molecular complexity index is 467. The van der Waals surface area contributed by atoms with E-state index < -0.39 is 5.82 Å². The number of terminal acetylenes is 1. The second-order valence-corrected chi connectivity index (χ2v) is 3.74. The molecule has 0 aromatic heterocycles. The molecular weight excluding hydrogens is 235 g/mol. The number of amides is 1. The van der Waals surface area contributed by atoms with Gasteiger partial charge in [-0.1, -0.05) is 5.92 Å². The molecule has 1 rings (SSSR count). The summed E-state index contributed by atoms with van der Waals surface area (Å²) in [5.41, 5.74) is 6.21. The molecule has 1 aromatic rings. The first kappa shape index (κ1) is 14.0. The van der Waals surface area contributed by atoms with E-state index in [9.17, 15) is 9.18 Å². The van der Waals surface area contributed by atoms with Gasteiger partial charge >= 0.3 is 0 Å². The van der Waals surface area contributed by atoms with Crippen LogP contribution in [0.15, 0.2) is 18.2 Å². The summed E-state index contributed by atoms with van der Waals surface area (Å²) < 4.78 is 18.3. The Labute approximate surface area is 105 Å². The van der Waals surface area contributed by atoms with Crippen LogP contribution in [0, 0.1) is 18.2 Å². The van der Waals surface area contributed by atoms with Gasteiger partial charge in [0.05, 0.1) is 6.54 Å². The minimum Gasteiger partial charge on any atom is -0.483 e. The molecule has 0 fully saturated rings. The standard InChI is InChI=1S/C13H15FN2O2/c1-3-6-16-13(17)8-18-12-5-4-10(14)7-11(12)9(2)15/h1,4-5,7,9H,6,8,15H2,2H3,(H,16,17). The number of benzene rings is 1. The summed E-state index contributed by atoms with van der Waals surface area (Å²) in [4.78, 5) is 11.3. The van der Waals surface area contributed by atoms with E-state index in [4.69, 9.17) is 16.9 Å². The van der Waals surface area contributed by atoms with Crippen LogP contribution in [0.4, 0.5) is 4.39 Å². The molecule has 1 amide bonds. The molecule has 0 saturated heterocycles.